The molecule has 0 aliphatic carbocycles. The van der Waals surface area contributed by atoms with E-state index < -0.39 is 0 Å². The van der Waals surface area contributed by atoms with Crippen molar-refractivity contribution in [3.63, 3.8) is 0 Å². The molecule has 1 aliphatic heterocycles. The fourth-order valence-electron chi connectivity index (χ4n) is 1.94. The number of hydrogen-bond donors (Lipinski definition) is 1. The molecule has 0 atom stereocenters. The van der Waals surface area contributed by atoms with Crippen LogP contribution in [0.4, 0.5) is 0 Å². The molecule has 2 N–H and O–H groups in total. The average Bonchev–Trinajstić information content (AvgIpc) is 2.83. The molecule has 2 heterocycles. The molecule has 16 heavy (non-hydrogen) atoms. The number of aryl methyl sites for hydroxylation is 1. The highest BCUT2D eigenvalue weighted by Crippen LogP contribution is 2.14. The van der Waals surface area contributed by atoms with E-state index in [0.29, 0.717) is 19.5 Å². The summed E-state index contributed by atoms with van der Waals surface area (Å²) in [7, 11) is 1.77. The van der Waals surface area contributed by atoms with Gasteiger partial charge < -0.3 is 15.2 Å². The smallest absolute Gasteiger partial charge is 0.223 e. The number of carbonyl (C=O) groups excluding carboxylic acids is 1. The molecule has 0 radical (unpaired) electrons. The van der Waals surface area contributed by atoms with Crippen LogP contribution in [0.25, 0.3) is 0 Å². The second kappa shape index (κ2) is 4.61. The molecule has 1 aromatic heterocycles. The topological polar surface area (TPSA) is 77.0 Å². The van der Waals surface area contributed by atoms with Crippen molar-refractivity contribution in [1.82, 2.24) is 19.7 Å². The number of hydrogen-bond acceptors (Lipinski definition) is 4. The Morgan fingerprint density at radius 1 is 1.56 bits per heavy atom. The lowest BCUT2D eigenvalue weighted by atomic mass is 10.3. The Kier molecular flexibility index (Phi) is 3.19. The highest BCUT2D eigenvalue weighted by atomic mass is 16.2. The standard InChI is InChI=1S/C10H17N5O/c1-14(10(16)4-5-11)7-9-13-12-8-3-2-6-15(8)9/h2-7,11H2,1H3. The van der Waals surface area contributed by atoms with Gasteiger partial charge in [-0.3, -0.25) is 4.79 Å². The molecule has 1 aliphatic rings. The Labute approximate surface area is 94.4 Å². The second-order valence-electron chi connectivity index (χ2n) is 4.08. The average molecular weight is 223 g/mol. The summed E-state index contributed by atoms with van der Waals surface area (Å²) in [5.74, 6) is 1.97. The van der Waals surface area contributed by atoms with Crippen molar-refractivity contribution in [2.45, 2.75) is 32.4 Å². The van der Waals surface area contributed by atoms with E-state index in [2.05, 4.69) is 14.8 Å². The minimum atomic E-state index is 0.0536. The summed E-state index contributed by atoms with van der Waals surface area (Å²) in [6, 6.07) is 0. The van der Waals surface area contributed by atoms with Crippen molar-refractivity contribution in [3.8, 4) is 0 Å². The first-order valence-corrected chi connectivity index (χ1v) is 5.57. The van der Waals surface area contributed by atoms with E-state index >= 15 is 0 Å². The lowest BCUT2D eigenvalue weighted by Gasteiger charge is -2.16. The van der Waals surface area contributed by atoms with Crippen LogP contribution in [-0.2, 0) is 24.3 Å². The molecule has 0 fully saturated rings. The number of aromatic nitrogens is 3. The quantitative estimate of drug-likeness (QED) is 0.748. The summed E-state index contributed by atoms with van der Waals surface area (Å²) in [6.45, 7) is 1.88. The molecule has 88 valence electrons. The number of carbonyl (C=O) groups is 1. The first-order chi connectivity index (χ1) is 7.72. The predicted molar refractivity (Wildman–Crippen MR) is 58.5 cm³/mol. The SMILES string of the molecule is CN(Cc1nnc2n1CCC2)C(=O)CCN. The molecule has 0 saturated heterocycles. The fourth-order valence-corrected chi connectivity index (χ4v) is 1.94. The minimum Gasteiger partial charge on any atom is -0.338 e. The summed E-state index contributed by atoms with van der Waals surface area (Å²) >= 11 is 0. The lowest BCUT2D eigenvalue weighted by Crippen LogP contribution is -2.29. The molecular formula is C10H17N5O. The van der Waals surface area contributed by atoms with Crippen molar-refractivity contribution < 1.29 is 4.79 Å². The summed E-state index contributed by atoms with van der Waals surface area (Å²) in [5.41, 5.74) is 5.35. The number of nitrogens with two attached hydrogens (primary N) is 1. The van der Waals surface area contributed by atoms with Crippen LogP contribution in [0, 0.1) is 0 Å². The number of amides is 1. The highest BCUT2D eigenvalue weighted by molar-refractivity contribution is 5.75. The van der Waals surface area contributed by atoms with Gasteiger partial charge in [-0.15, -0.1) is 10.2 Å². The number of rotatable bonds is 4. The minimum absolute atomic E-state index is 0.0536. The van der Waals surface area contributed by atoms with Gasteiger partial charge in [0, 0.05) is 33.0 Å². The van der Waals surface area contributed by atoms with Gasteiger partial charge in [-0.25, -0.2) is 0 Å². The molecule has 1 aromatic rings. The van der Waals surface area contributed by atoms with Crippen LogP contribution in [0.2, 0.25) is 0 Å². The zero-order chi connectivity index (χ0) is 11.5. The van der Waals surface area contributed by atoms with E-state index in [1.807, 2.05) is 0 Å². The van der Waals surface area contributed by atoms with Gasteiger partial charge in [-0.1, -0.05) is 0 Å². The summed E-state index contributed by atoms with van der Waals surface area (Å²) < 4.78 is 2.10. The van der Waals surface area contributed by atoms with Crippen LogP contribution < -0.4 is 5.73 Å². The first-order valence-electron chi connectivity index (χ1n) is 5.57. The highest BCUT2D eigenvalue weighted by Gasteiger charge is 2.19. The van der Waals surface area contributed by atoms with E-state index in [0.717, 1.165) is 31.0 Å². The van der Waals surface area contributed by atoms with Crippen molar-refractivity contribution in [2.75, 3.05) is 13.6 Å². The van der Waals surface area contributed by atoms with Crippen LogP contribution >= 0.6 is 0 Å². The zero-order valence-corrected chi connectivity index (χ0v) is 9.52. The lowest BCUT2D eigenvalue weighted by molar-refractivity contribution is -0.130. The molecular weight excluding hydrogens is 206 g/mol. The van der Waals surface area contributed by atoms with E-state index in [9.17, 15) is 4.79 Å². The molecule has 0 spiro atoms. The summed E-state index contributed by atoms with van der Waals surface area (Å²) in [5, 5.41) is 8.21. The van der Waals surface area contributed by atoms with Gasteiger partial charge in [0.15, 0.2) is 5.82 Å². The van der Waals surface area contributed by atoms with E-state index in [-0.39, 0.29) is 5.91 Å². The molecule has 6 nitrogen and oxygen atoms in total. The summed E-state index contributed by atoms with van der Waals surface area (Å²) in [4.78, 5) is 13.2. The molecule has 0 aromatic carbocycles. The van der Waals surface area contributed by atoms with Crippen molar-refractivity contribution in [1.29, 1.82) is 0 Å². The zero-order valence-electron chi connectivity index (χ0n) is 9.52. The third-order valence-electron chi connectivity index (χ3n) is 2.85. The molecule has 6 heteroatoms. The van der Waals surface area contributed by atoms with Gasteiger partial charge in [-0.05, 0) is 6.42 Å². The van der Waals surface area contributed by atoms with E-state index in [1.165, 1.54) is 0 Å². The Bertz CT molecular complexity index is 387. The predicted octanol–water partition coefficient (Wildman–Crippen LogP) is -0.468. The Morgan fingerprint density at radius 3 is 3.12 bits per heavy atom. The van der Waals surface area contributed by atoms with Gasteiger partial charge in [0.2, 0.25) is 5.91 Å². The maximum atomic E-state index is 11.6. The molecule has 0 saturated carbocycles. The van der Waals surface area contributed by atoms with Crippen LogP contribution in [0.3, 0.4) is 0 Å². The van der Waals surface area contributed by atoms with Gasteiger partial charge in [0.25, 0.3) is 0 Å². The second-order valence-corrected chi connectivity index (χ2v) is 4.08. The summed E-state index contributed by atoms with van der Waals surface area (Å²) in [6.07, 6.45) is 2.50. The Balaban J connectivity index is 2.01. The van der Waals surface area contributed by atoms with Crippen molar-refractivity contribution in [3.05, 3.63) is 11.6 Å². The normalized spacial score (nSPS) is 13.9. The maximum absolute atomic E-state index is 11.6. The molecule has 0 unspecified atom stereocenters. The molecule has 2 rings (SSSR count). The molecule has 0 bridgehead atoms. The van der Waals surface area contributed by atoms with Crippen molar-refractivity contribution >= 4 is 5.91 Å². The van der Waals surface area contributed by atoms with Crippen molar-refractivity contribution in [2.24, 2.45) is 5.73 Å². The van der Waals surface area contributed by atoms with Gasteiger partial charge in [0.1, 0.15) is 5.82 Å². The number of fused-ring (bicyclic) bond motifs is 1. The van der Waals surface area contributed by atoms with E-state index in [1.54, 1.807) is 11.9 Å². The van der Waals surface area contributed by atoms with Crippen LogP contribution in [0.1, 0.15) is 24.5 Å². The Hall–Kier alpha value is -1.43. The number of nitrogens with zero attached hydrogens (tertiary/aromatic N) is 4. The van der Waals surface area contributed by atoms with Crippen LogP contribution in [0.15, 0.2) is 0 Å². The maximum Gasteiger partial charge on any atom is 0.223 e. The molecule has 1 amide bonds. The monoisotopic (exact) mass is 223 g/mol. The largest absolute Gasteiger partial charge is 0.338 e. The van der Waals surface area contributed by atoms with Gasteiger partial charge in [-0.2, -0.15) is 0 Å². The third-order valence-corrected chi connectivity index (χ3v) is 2.85. The van der Waals surface area contributed by atoms with Gasteiger partial charge >= 0.3 is 0 Å². The van der Waals surface area contributed by atoms with E-state index in [4.69, 9.17) is 5.73 Å². The Morgan fingerprint density at radius 2 is 2.38 bits per heavy atom. The van der Waals surface area contributed by atoms with Gasteiger partial charge in [0.05, 0.1) is 6.54 Å². The fraction of sp³-hybridized carbons (Fsp3) is 0.700. The van der Waals surface area contributed by atoms with Crippen LogP contribution in [0.5, 0.6) is 0 Å². The third kappa shape index (κ3) is 2.06. The first kappa shape index (κ1) is 11.1. The van der Waals surface area contributed by atoms with Crippen LogP contribution in [-0.4, -0.2) is 39.2 Å².